The zero-order chi connectivity index (χ0) is 20.9. The molecule has 0 radical (unpaired) electrons. The Balaban J connectivity index is 1.93. The smallest absolute Gasteiger partial charge is 0.243 e. The van der Waals surface area contributed by atoms with Crippen LogP contribution in [0.3, 0.4) is 0 Å². The topological polar surface area (TPSA) is 75.7 Å². The van der Waals surface area contributed by atoms with Crippen molar-refractivity contribution in [3.63, 3.8) is 0 Å². The maximum absolute atomic E-state index is 13.0. The average molecular weight is 417 g/mol. The van der Waals surface area contributed by atoms with Crippen LogP contribution < -0.4 is 10.1 Å². The summed E-state index contributed by atoms with van der Waals surface area (Å²) in [6, 6.07) is 13.8. The average Bonchev–Trinajstić information content (AvgIpc) is 2.70. The highest BCUT2D eigenvalue weighted by molar-refractivity contribution is 7.89. The number of rotatable bonds is 7. The minimum atomic E-state index is -3.61. The normalized spacial score (nSPS) is 15.3. The molecule has 1 heterocycles. The van der Waals surface area contributed by atoms with Crippen molar-refractivity contribution in [3.05, 3.63) is 48.5 Å². The number of piperidine rings is 1. The fourth-order valence-corrected chi connectivity index (χ4v) is 4.84. The summed E-state index contributed by atoms with van der Waals surface area (Å²) in [6.45, 7) is 4.97. The molecule has 2 aromatic rings. The lowest BCUT2D eigenvalue weighted by molar-refractivity contribution is -0.116. The lowest BCUT2D eigenvalue weighted by Crippen LogP contribution is -2.35. The summed E-state index contributed by atoms with van der Waals surface area (Å²) in [5, 5.41) is 2.83. The van der Waals surface area contributed by atoms with Gasteiger partial charge in [0.15, 0.2) is 5.75 Å². The zero-order valence-corrected chi connectivity index (χ0v) is 17.7. The molecule has 6 nitrogen and oxygen atoms in total. The number of nitrogens with one attached hydrogen (secondary N) is 1. The van der Waals surface area contributed by atoms with Crippen molar-refractivity contribution in [1.29, 1.82) is 0 Å². The van der Waals surface area contributed by atoms with Gasteiger partial charge < -0.3 is 10.1 Å². The van der Waals surface area contributed by atoms with E-state index in [0.29, 0.717) is 36.7 Å². The first-order valence-corrected chi connectivity index (χ1v) is 11.5. The maximum Gasteiger partial charge on any atom is 0.243 e. The van der Waals surface area contributed by atoms with E-state index in [1.165, 1.54) is 10.4 Å². The van der Waals surface area contributed by atoms with E-state index < -0.39 is 10.0 Å². The van der Waals surface area contributed by atoms with Crippen molar-refractivity contribution < 1.29 is 17.9 Å². The molecule has 1 saturated heterocycles. The molecule has 1 N–H and O–H groups in total. The molecule has 0 aromatic heterocycles. The van der Waals surface area contributed by atoms with Crippen LogP contribution in [0.4, 0.5) is 5.69 Å². The van der Waals surface area contributed by atoms with Crippen LogP contribution in [0.1, 0.15) is 39.5 Å². The molecule has 1 aliphatic heterocycles. The van der Waals surface area contributed by atoms with Crippen LogP contribution in [0.25, 0.3) is 0 Å². The molecule has 0 spiro atoms. The van der Waals surface area contributed by atoms with E-state index >= 15 is 0 Å². The highest BCUT2D eigenvalue weighted by Gasteiger charge is 2.27. The molecule has 156 valence electrons. The minimum Gasteiger partial charge on any atom is -0.455 e. The Hall–Kier alpha value is -2.38. The van der Waals surface area contributed by atoms with Crippen molar-refractivity contribution >= 4 is 21.6 Å². The Bertz CT molecular complexity index is 937. The SMILES string of the molecule is CC(C)CC(=O)Nc1cc(S(=O)(=O)N2CCCCC2)ccc1Oc1ccccc1. The lowest BCUT2D eigenvalue weighted by Gasteiger charge is -2.26. The maximum atomic E-state index is 13.0. The number of para-hydroxylation sites is 1. The summed E-state index contributed by atoms with van der Waals surface area (Å²) >= 11 is 0. The van der Waals surface area contributed by atoms with Gasteiger partial charge in [-0.05, 0) is 49.1 Å². The van der Waals surface area contributed by atoms with Crippen LogP contribution in [0.15, 0.2) is 53.4 Å². The number of hydrogen-bond acceptors (Lipinski definition) is 4. The third-order valence-corrected chi connectivity index (χ3v) is 6.64. The summed E-state index contributed by atoms with van der Waals surface area (Å²) < 4.78 is 33.5. The highest BCUT2D eigenvalue weighted by atomic mass is 32.2. The van der Waals surface area contributed by atoms with E-state index in [1.807, 2.05) is 32.0 Å². The van der Waals surface area contributed by atoms with E-state index in [-0.39, 0.29) is 16.7 Å². The van der Waals surface area contributed by atoms with Gasteiger partial charge in [0.05, 0.1) is 10.6 Å². The van der Waals surface area contributed by atoms with Crippen molar-refractivity contribution in [3.8, 4) is 11.5 Å². The molecule has 3 rings (SSSR count). The third-order valence-electron chi connectivity index (χ3n) is 4.74. The number of hydrogen-bond donors (Lipinski definition) is 1. The second-order valence-electron chi connectivity index (χ2n) is 7.68. The van der Waals surface area contributed by atoms with Crippen molar-refractivity contribution in [2.45, 2.75) is 44.4 Å². The van der Waals surface area contributed by atoms with E-state index in [0.717, 1.165) is 19.3 Å². The molecule has 1 amide bonds. The van der Waals surface area contributed by atoms with Crippen LogP contribution in [-0.2, 0) is 14.8 Å². The summed E-state index contributed by atoms with van der Waals surface area (Å²) in [6.07, 6.45) is 3.12. The van der Waals surface area contributed by atoms with Crippen LogP contribution >= 0.6 is 0 Å². The van der Waals surface area contributed by atoms with Gasteiger partial charge in [-0.2, -0.15) is 4.31 Å². The largest absolute Gasteiger partial charge is 0.455 e. The van der Waals surface area contributed by atoms with E-state index in [9.17, 15) is 13.2 Å². The summed E-state index contributed by atoms with van der Waals surface area (Å²) in [4.78, 5) is 12.5. The first-order valence-electron chi connectivity index (χ1n) is 10.0. The Labute approximate surface area is 172 Å². The fourth-order valence-electron chi connectivity index (χ4n) is 3.30. The molecule has 29 heavy (non-hydrogen) atoms. The zero-order valence-electron chi connectivity index (χ0n) is 16.9. The van der Waals surface area contributed by atoms with E-state index in [4.69, 9.17) is 4.74 Å². The van der Waals surface area contributed by atoms with Crippen molar-refractivity contribution in [2.24, 2.45) is 5.92 Å². The highest BCUT2D eigenvalue weighted by Crippen LogP contribution is 2.33. The fraction of sp³-hybridized carbons (Fsp3) is 0.409. The van der Waals surface area contributed by atoms with Gasteiger partial charge in [0.25, 0.3) is 0 Å². The van der Waals surface area contributed by atoms with E-state index in [2.05, 4.69) is 5.32 Å². The number of benzene rings is 2. The predicted molar refractivity (Wildman–Crippen MR) is 114 cm³/mol. The van der Waals surface area contributed by atoms with Crippen molar-refractivity contribution in [1.82, 2.24) is 4.31 Å². The molecule has 0 atom stereocenters. The third kappa shape index (κ3) is 5.58. The van der Waals surface area contributed by atoms with Crippen molar-refractivity contribution in [2.75, 3.05) is 18.4 Å². The second kappa shape index (κ2) is 9.41. The number of amides is 1. The number of carbonyl (C=O) groups excluding carboxylic acids is 1. The monoisotopic (exact) mass is 416 g/mol. The minimum absolute atomic E-state index is 0.166. The van der Waals surface area contributed by atoms with E-state index in [1.54, 1.807) is 24.3 Å². The molecular weight excluding hydrogens is 388 g/mol. The molecule has 0 aliphatic carbocycles. The predicted octanol–water partition coefficient (Wildman–Crippen LogP) is 4.64. The molecule has 2 aromatic carbocycles. The van der Waals surface area contributed by atoms with Crippen LogP contribution in [0.2, 0.25) is 0 Å². The van der Waals surface area contributed by atoms with Gasteiger partial charge in [0.1, 0.15) is 5.75 Å². The van der Waals surface area contributed by atoms with Gasteiger partial charge in [-0.15, -0.1) is 0 Å². The number of carbonyl (C=O) groups is 1. The molecule has 7 heteroatoms. The van der Waals surface area contributed by atoms with Crippen LogP contribution in [0, 0.1) is 5.92 Å². The summed E-state index contributed by atoms with van der Waals surface area (Å²) in [5.74, 6) is 1.03. The first kappa shape index (κ1) is 21.3. The molecule has 0 bridgehead atoms. The van der Waals surface area contributed by atoms with Gasteiger partial charge in [-0.3, -0.25) is 4.79 Å². The Morgan fingerprint density at radius 1 is 1.07 bits per heavy atom. The molecule has 1 aliphatic rings. The quantitative estimate of drug-likeness (QED) is 0.713. The molecule has 0 unspecified atom stereocenters. The number of anilines is 1. The second-order valence-corrected chi connectivity index (χ2v) is 9.62. The summed E-state index contributed by atoms with van der Waals surface area (Å²) in [7, 11) is -3.61. The van der Waals surface area contributed by atoms with Crippen LogP contribution in [-0.4, -0.2) is 31.7 Å². The number of sulfonamides is 1. The Kier molecular flexibility index (Phi) is 6.92. The number of nitrogens with zero attached hydrogens (tertiary/aromatic N) is 1. The van der Waals surface area contributed by atoms with Gasteiger partial charge in [-0.25, -0.2) is 8.42 Å². The molecule has 1 fully saturated rings. The molecular formula is C22H28N2O4S. The standard InChI is InChI=1S/C22H28N2O4S/c1-17(2)15-22(25)23-20-16-19(29(26,27)24-13-7-4-8-14-24)11-12-21(20)28-18-9-5-3-6-10-18/h3,5-6,9-12,16-17H,4,7-8,13-15H2,1-2H3,(H,23,25). The van der Waals surface area contributed by atoms with Gasteiger partial charge in [0.2, 0.25) is 15.9 Å². The van der Waals surface area contributed by atoms with Gasteiger partial charge >= 0.3 is 0 Å². The van der Waals surface area contributed by atoms with Gasteiger partial charge in [0, 0.05) is 19.5 Å². The summed E-state index contributed by atoms with van der Waals surface area (Å²) in [5.41, 5.74) is 0.359. The van der Waals surface area contributed by atoms with Crippen LogP contribution in [0.5, 0.6) is 11.5 Å². The van der Waals surface area contributed by atoms with Gasteiger partial charge in [-0.1, -0.05) is 38.5 Å². The number of ether oxygens (including phenoxy) is 1. The first-order chi connectivity index (χ1) is 13.9. The Morgan fingerprint density at radius 3 is 2.41 bits per heavy atom. The lowest BCUT2D eigenvalue weighted by atomic mass is 10.1. The molecule has 0 saturated carbocycles. The Morgan fingerprint density at radius 2 is 1.76 bits per heavy atom.